The number of benzene rings is 9. The first-order chi connectivity index (χ1) is 29.6. The van der Waals surface area contributed by atoms with Crippen LogP contribution in [0.15, 0.2) is 194 Å². The summed E-state index contributed by atoms with van der Waals surface area (Å²) < 4.78 is 2.61. The van der Waals surface area contributed by atoms with Gasteiger partial charge in [-0.2, -0.15) is 0 Å². The second-order valence-corrected chi connectivity index (χ2v) is 19.2. The fourth-order valence-corrected chi connectivity index (χ4v) is 11.0. The third-order valence-electron chi connectivity index (χ3n) is 13.1. The molecule has 1 aliphatic carbocycles. The molecule has 0 bridgehead atoms. The Kier molecular flexibility index (Phi) is 8.67. The fraction of sp³-hybridized carbons (Fsp3) is 0.119. The lowest BCUT2D eigenvalue weighted by molar-refractivity contribution is 0.590. The van der Waals surface area contributed by atoms with Crippen molar-refractivity contribution in [2.75, 3.05) is 4.90 Å². The number of thiophene rings is 1. The third kappa shape index (κ3) is 6.12. The van der Waals surface area contributed by atoms with E-state index >= 15 is 0 Å². The minimum atomic E-state index is -0.160. The Balaban J connectivity index is 1.22. The van der Waals surface area contributed by atoms with E-state index < -0.39 is 0 Å². The average Bonchev–Trinajstić information content (AvgIpc) is 3.78. The summed E-state index contributed by atoms with van der Waals surface area (Å²) in [6, 6.07) is 72.7. The smallest absolute Gasteiger partial charge is 0.0546 e. The maximum Gasteiger partial charge on any atom is 0.0546 e. The molecule has 0 atom stereocenters. The molecule has 0 unspecified atom stereocenters. The molecule has 1 aromatic heterocycles. The molecule has 0 radical (unpaired) electrons. The minimum absolute atomic E-state index is 0.0844. The van der Waals surface area contributed by atoms with Crippen LogP contribution in [0.3, 0.4) is 0 Å². The van der Waals surface area contributed by atoms with Gasteiger partial charge in [-0.25, -0.2) is 0 Å². The van der Waals surface area contributed by atoms with E-state index in [0.29, 0.717) is 0 Å². The van der Waals surface area contributed by atoms with Crippen molar-refractivity contribution >= 4 is 59.3 Å². The minimum Gasteiger partial charge on any atom is -0.309 e. The summed E-state index contributed by atoms with van der Waals surface area (Å²) in [6.45, 7) is 11.6. The molecule has 1 nitrogen and oxygen atoms in total. The van der Waals surface area contributed by atoms with Crippen molar-refractivity contribution in [2.45, 2.75) is 45.4 Å². The van der Waals surface area contributed by atoms with E-state index in [1.165, 1.54) is 92.1 Å². The second kappa shape index (κ2) is 14.2. The van der Waals surface area contributed by atoms with Gasteiger partial charge in [0.05, 0.1) is 11.4 Å². The van der Waals surface area contributed by atoms with Crippen LogP contribution >= 0.6 is 11.3 Å². The Morgan fingerprint density at radius 3 is 1.92 bits per heavy atom. The topological polar surface area (TPSA) is 3.24 Å². The number of rotatable bonds is 6. The average molecular weight is 802 g/mol. The molecule has 0 saturated heterocycles. The maximum absolute atomic E-state index is 2.56. The van der Waals surface area contributed by atoms with E-state index in [4.69, 9.17) is 0 Å². The van der Waals surface area contributed by atoms with Gasteiger partial charge in [0.1, 0.15) is 0 Å². The standard InChI is InChI=1S/C59H47NS/c1-58(2,3)42-30-26-38(27-31-42)41-29-34-52(49(36-41)39-16-7-6-8-17-39)60(43-32-33-46-45-20-11-13-23-50(45)59(4,5)51(46)37-43)53-35-28-40-18-9-10-19-44(40)56(53)48-22-15-25-55-57(48)47-21-12-14-24-54(47)61-55/h6-37H,1-5H3. The summed E-state index contributed by atoms with van der Waals surface area (Å²) in [5, 5.41) is 5.06. The summed E-state index contributed by atoms with van der Waals surface area (Å²) in [5.74, 6) is 0. The Labute approximate surface area is 363 Å². The molecule has 9 aromatic carbocycles. The Bertz CT molecular complexity index is 3310. The van der Waals surface area contributed by atoms with Crippen LogP contribution in [0.25, 0.3) is 75.5 Å². The van der Waals surface area contributed by atoms with Gasteiger partial charge in [0.15, 0.2) is 0 Å². The van der Waals surface area contributed by atoms with Gasteiger partial charge in [-0.15, -0.1) is 11.3 Å². The summed E-state index contributed by atoms with van der Waals surface area (Å²) in [6.07, 6.45) is 0. The molecular formula is C59H47NS. The molecule has 0 saturated carbocycles. The molecule has 0 amide bonds. The van der Waals surface area contributed by atoms with Crippen molar-refractivity contribution in [3.05, 3.63) is 211 Å². The van der Waals surface area contributed by atoms with Crippen LogP contribution in [0.1, 0.15) is 51.3 Å². The Morgan fingerprint density at radius 1 is 0.443 bits per heavy atom. The fourth-order valence-electron chi connectivity index (χ4n) is 9.87. The Hall–Kier alpha value is -6.74. The highest BCUT2D eigenvalue weighted by Gasteiger charge is 2.36. The van der Waals surface area contributed by atoms with Gasteiger partial charge < -0.3 is 4.90 Å². The zero-order valence-corrected chi connectivity index (χ0v) is 36.1. The van der Waals surface area contributed by atoms with Gasteiger partial charge >= 0.3 is 0 Å². The van der Waals surface area contributed by atoms with E-state index in [1.54, 1.807) is 0 Å². The molecule has 1 heterocycles. The van der Waals surface area contributed by atoms with Gasteiger partial charge in [-0.1, -0.05) is 186 Å². The molecular weight excluding hydrogens is 755 g/mol. The predicted molar refractivity (Wildman–Crippen MR) is 264 cm³/mol. The van der Waals surface area contributed by atoms with Crippen LogP contribution < -0.4 is 4.90 Å². The van der Waals surface area contributed by atoms with Crippen molar-refractivity contribution in [2.24, 2.45) is 0 Å². The summed E-state index contributed by atoms with van der Waals surface area (Å²) in [4.78, 5) is 2.56. The normalized spacial score (nSPS) is 13.1. The van der Waals surface area contributed by atoms with Gasteiger partial charge in [0, 0.05) is 42.4 Å². The van der Waals surface area contributed by atoms with Gasteiger partial charge in [0.2, 0.25) is 0 Å². The van der Waals surface area contributed by atoms with Crippen LogP contribution in [-0.4, -0.2) is 0 Å². The van der Waals surface area contributed by atoms with E-state index in [-0.39, 0.29) is 10.8 Å². The number of nitrogens with zero attached hydrogens (tertiary/aromatic N) is 1. The highest BCUT2D eigenvalue weighted by molar-refractivity contribution is 7.25. The SMILES string of the molecule is CC(C)(C)c1ccc(-c2ccc(N(c3ccc4c(c3)C(C)(C)c3ccccc3-4)c3ccc4ccccc4c3-c3cccc4sc5ccccc5c34)c(-c3ccccc3)c2)cc1. The molecule has 10 aromatic rings. The van der Waals surface area contributed by atoms with E-state index in [2.05, 4.69) is 234 Å². The van der Waals surface area contributed by atoms with E-state index in [1.807, 2.05) is 11.3 Å². The van der Waals surface area contributed by atoms with Gasteiger partial charge in [-0.3, -0.25) is 0 Å². The van der Waals surface area contributed by atoms with E-state index in [0.717, 1.165) is 17.1 Å². The highest BCUT2D eigenvalue weighted by Crippen LogP contribution is 2.54. The lowest BCUT2D eigenvalue weighted by Gasteiger charge is -2.32. The van der Waals surface area contributed by atoms with Crippen molar-refractivity contribution in [1.29, 1.82) is 0 Å². The molecule has 0 spiro atoms. The molecule has 294 valence electrons. The molecule has 0 aliphatic heterocycles. The summed E-state index contributed by atoms with van der Waals surface area (Å²) in [7, 11) is 0. The van der Waals surface area contributed by atoms with E-state index in [9.17, 15) is 0 Å². The van der Waals surface area contributed by atoms with Crippen LogP contribution in [-0.2, 0) is 10.8 Å². The van der Waals surface area contributed by atoms with Gasteiger partial charge in [0.25, 0.3) is 0 Å². The zero-order chi connectivity index (χ0) is 41.5. The first kappa shape index (κ1) is 37.3. The van der Waals surface area contributed by atoms with Crippen LogP contribution in [0, 0.1) is 0 Å². The molecule has 0 fully saturated rings. The monoisotopic (exact) mass is 801 g/mol. The lowest BCUT2D eigenvalue weighted by Crippen LogP contribution is -2.17. The van der Waals surface area contributed by atoms with Crippen molar-refractivity contribution in [3.63, 3.8) is 0 Å². The Morgan fingerprint density at radius 2 is 1.10 bits per heavy atom. The number of fused-ring (bicyclic) bond motifs is 7. The molecule has 11 rings (SSSR count). The first-order valence-corrected chi connectivity index (χ1v) is 22.2. The molecule has 61 heavy (non-hydrogen) atoms. The number of hydrogen-bond acceptors (Lipinski definition) is 2. The van der Waals surface area contributed by atoms with Crippen molar-refractivity contribution in [1.82, 2.24) is 0 Å². The first-order valence-electron chi connectivity index (χ1n) is 21.4. The second-order valence-electron chi connectivity index (χ2n) is 18.1. The maximum atomic E-state index is 2.56. The van der Waals surface area contributed by atoms with Crippen LogP contribution in [0.2, 0.25) is 0 Å². The predicted octanol–water partition coefficient (Wildman–Crippen LogP) is 17.3. The van der Waals surface area contributed by atoms with Gasteiger partial charge in [-0.05, 0) is 109 Å². The summed E-state index contributed by atoms with van der Waals surface area (Å²) >= 11 is 1.88. The third-order valence-corrected chi connectivity index (χ3v) is 14.2. The van der Waals surface area contributed by atoms with Crippen molar-refractivity contribution < 1.29 is 0 Å². The van der Waals surface area contributed by atoms with Crippen LogP contribution in [0.4, 0.5) is 17.1 Å². The lowest BCUT2D eigenvalue weighted by atomic mass is 9.82. The van der Waals surface area contributed by atoms with Crippen molar-refractivity contribution in [3.8, 4) is 44.5 Å². The molecule has 2 heteroatoms. The molecule has 1 aliphatic rings. The molecule has 0 N–H and O–H groups in total. The number of anilines is 3. The largest absolute Gasteiger partial charge is 0.309 e. The quantitative estimate of drug-likeness (QED) is 0.162. The number of hydrogen-bond donors (Lipinski definition) is 0. The summed E-state index contributed by atoms with van der Waals surface area (Å²) in [5.41, 5.74) is 17.3. The highest BCUT2D eigenvalue weighted by atomic mass is 32.1. The zero-order valence-electron chi connectivity index (χ0n) is 35.3. The van der Waals surface area contributed by atoms with Crippen LogP contribution in [0.5, 0.6) is 0 Å².